The lowest BCUT2D eigenvalue weighted by atomic mass is 10.3. The van der Waals surface area contributed by atoms with E-state index in [0.717, 1.165) is 0 Å². The second-order valence-electron chi connectivity index (χ2n) is 3.41. The largest absolute Gasteiger partial charge is 0.327 e. The molecule has 0 saturated heterocycles. The zero-order valence-electron chi connectivity index (χ0n) is 8.96. The van der Waals surface area contributed by atoms with E-state index >= 15 is 0 Å². The summed E-state index contributed by atoms with van der Waals surface area (Å²) in [6, 6.07) is 5.86. The Kier molecular flexibility index (Phi) is 4.57. The van der Waals surface area contributed by atoms with Crippen molar-refractivity contribution in [1.29, 1.82) is 0 Å². The lowest BCUT2D eigenvalue weighted by Crippen LogP contribution is -2.26. The smallest absolute Gasteiger partial charge is 0.285 e. The highest BCUT2D eigenvalue weighted by atomic mass is 32.2. The summed E-state index contributed by atoms with van der Waals surface area (Å²) in [4.78, 5) is 10.4. The number of hydrogen-bond donors (Lipinski definition) is 1. The molecule has 16 heavy (non-hydrogen) atoms. The van der Waals surface area contributed by atoms with Gasteiger partial charge in [0.1, 0.15) is 4.90 Å². The van der Waals surface area contributed by atoms with Gasteiger partial charge in [-0.2, -0.15) is 0 Å². The minimum Gasteiger partial charge on any atom is -0.327 e. The van der Waals surface area contributed by atoms with Gasteiger partial charge in [0.25, 0.3) is 5.69 Å². The van der Waals surface area contributed by atoms with E-state index in [2.05, 4.69) is 0 Å². The van der Waals surface area contributed by atoms with Crippen LogP contribution in [0.2, 0.25) is 0 Å². The minimum absolute atomic E-state index is 0.107. The third-order valence-corrected chi connectivity index (χ3v) is 3.76. The van der Waals surface area contributed by atoms with Crippen LogP contribution in [0.25, 0.3) is 0 Å². The van der Waals surface area contributed by atoms with E-state index in [0.29, 0.717) is 6.42 Å². The average Bonchev–Trinajstić information content (AvgIpc) is 2.28. The number of nitrogens with two attached hydrogens (primary N) is 1. The van der Waals surface area contributed by atoms with E-state index in [1.807, 2.05) is 6.92 Å². The highest BCUT2D eigenvalue weighted by Crippen LogP contribution is 2.21. The molecule has 6 heteroatoms. The topological polar surface area (TPSA) is 86.2 Å². The maximum atomic E-state index is 11.9. The summed E-state index contributed by atoms with van der Waals surface area (Å²) >= 11 is 0. The van der Waals surface area contributed by atoms with Crippen LogP contribution in [0, 0.1) is 10.1 Å². The SMILES string of the molecule is CCC(N)CS(=O)c1ccccc1[N+](=O)[O-]. The molecule has 2 atom stereocenters. The number of benzene rings is 1. The van der Waals surface area contributed by atoms with Gasteiger partial charge >= 0.3 is 0 Å². The van der Waals surface area contributed by atoms with Gasteiger partial charge in [-0.05, 0) is 12.5 Å². The number of nitro benzene ring substituents is 1. The van der Waals surface area contributed by atoms with Crippen LogP contribution in [0.1, 0.15) is 13.3 Å². The van der Waals surface area contributed by atoms with Crippen molar-refractivity contribution < 1.29 is 9.13 Å². The summed E-state index contributed by atoms with van der Waals surface area (Å²) in [5, 5.41) is 10.7. The Morgan fingerprint density at radius 3 is 2.69 bits per heavy atom. The fraction of sp³-hybridized carbons (Fsp3) is 0.400. The molecular formula is C10H14N2O3S. The monoisotopic (exact) mass is 242 g/mol. The quantitative estimate of drug-likeness (QED) is 0.625. The number of nitro groups is 1. The molecule has 0 aliphatic carbocycles. The van der Waals surface area contributed by atoms with Crippen molar-refractivity contribution >= 4 is 16.5 Å². The average molecular weight is 242 g/mol. The molecular weight excluding hydrogens is 228 g/mol. The molecule has 0 aromatic heterocycles. The molecule has 0 amide bonds. The predicted molar refractivity (Wildman–Crippen MR) is 62.6 cm³/mol. The highest BCUT2D eigenvalue weighted by molar-refractivity contribution is 7.85. The van der Waals surface area contributed by atoms with Crippen LogP contribution in [0.4, 0.5) is 5.69 Å². The summed E-state index contributed by atoms with van der Waals surface area (Å²) in [5.41, 5.74) is 5.57. The third kappa shape index (κ3) is 3.11. The Balaban J connectivity index is 2.95. The molecule has 0 radical (unpaired) electrons. The number of rotatable bonds is 5. The van der Waals surface area contributed by atoms with Gasteiger partial charge in [0.2, 0.25) is 0 Å². The van der Waals surface area contributed by atoms with Gasteiger partial charge in [0.05, 0.1) is 15.7 Å². The van der Waals surface area contributed by atoms with Crippen molar-refractivity contribution in [3.63, 3.8) is 0 Å². The van der Waals surface area contributed by atoms with Crippen LogP contribution >= 0.6 is 0 Å². The fourth-order valence-corrected chi connectivity index (χ4v) is 2.61. The highest BCUT2D eigenvalue weighted by Gasteiger charge is 2.19. The molecule has 0 aliphatic heterocycles. The van der Waals surface area contributed by atoms with Gasteiger partial charge in [-0.1, -0.05) is 19.1 Å². The molecule has 0 aliphatic rings. The van der Waals surface area contributed by atoms with Gasteiger partial charge in [0, 0.05) is 17.9 Å². The maximum absolute atomic E-state index is 11.9. The Morgan fingerprint density at radius 2 is 2.12 bits per heavy atom. The number of hydrogen-bond acceptors (Lipinski definition) is 4. The van der Waals surface area contributed by atoms with Crippen molar-refractivity contribution in [3.05, 3.63) is 34.4 Å². The molecule has 2 N–H and O–H groups in total. The van der Waals surface area contributed by atoms with Crippen molar-refractivity contribution in [3.8, 4) is 0 Å². The Labute approximate surface area is 96.3 Å². The Morgan fingerprint density at radius 1 is 1.50 bits per heavy atom. The van der Waals surface area contributed by atoms with E-state index in [4.69, 9.17) is 5.73 Å². The van der Waals surface area contributed by atoms with Crippen LogP contribution < -0.4 is 5.73 Å². The molecule has 0 saturated carbocycles. The summed E-state index contributed by atoms with van der Waals surface area (Å²) in [6.45, 7) is 1.89. The molecule has 2 unspecified atom stereocenters. The van der Waals surface area contributed by atoms with Gasteiger partial charge < -0.3 is 5.73 Å². The molecule has 0 fully saturated rings. The van der Waals surface area contributed by atoms with Crippen LogP contribution in [0.3, 0.4) is 0 Å². The Hall–Kier alpha value is -1.27. The molecule has 1 aromatic carbocycles. The standard InChI is InChI=1S/C10H14N2O3S/c1-2-8(11)7-16(15)10-6-4-3-5-9(10)12(13)14/h3-6,8H,2,7,11H2,1H3. The van der Waals surface area contributed by atoms with Crippen molar-refractivity contribution in [2.75, 3.05) is 5.75 Å². The first-order valence-electron chi connectivity index (χ1n) is 4.93. The zero-order valence-corrected chi connectivity index (χ0v) is 9.78. The molecule has 0 bridgehead atoms. The second-order valence-corrected chi connectivity index (χ2v) is 4.87. The Bertz CT molecular complexity index is 409. The van der Waals surface area contributed by atoms with E-state index < -0.39 is 15.7 Å². The summed E-state index contributed by atoms with van der Waals surface area (Å²) in [5.74, 6) is 0.251. The van der Waals surface area contributed by atoms with Crippen molar-refractivity contribution in [2.45, 2.75) is 24.3 Å². The normalized spacial score (nSPS) is 14.4. The zero-order chi connectivity index (χ0) is 12.1. The number of nitrogens with zero attached hydrogens (tertiary/aromatic N) is 1. The second kappa shape index (κ2) is 5.72. The molecule has 0 spiro atoms. The summed E-state index contributed by atoms with van der Waals surface area (Å²) in [7, 11) is -1.41. The van der Waals surface area contributed by atoms with E-state index in [1.165, 1.54) is 12.1 Å². The molecule has 0 heterocycles. The minimum atomic E-state index is -1.41. The van der Waals surface area contributed by atoms with Crippen molar-refractivity contribution in [2.24, 2.45) is 5.73 Å². The van der Waals surface area contributed by atoms with E-state index in [9.17, 15) is 14.3 Å². The lowest BCUT2D eigenvalue weighted by Gasteiger charge is -2.08. The number of para-hydroxylation sites is 1. The van der Waals surface area contributed by atoms with Crippen molar-refractivity contribution in [1.82, 2.24) is 0 Å². The van der Waals surface area contributed by atoms with E-state index in [-0.39, 0.29) is 22.4 Å². The molecule has 88 valence electrons. The molecule has 1 rings (SSSR count). The third-order valence-electron chi connectivity index (χ3n) is 2.20. The van der Waals surface area contributed by atoms with E-state index in [1.54, 1.807) is 12.1 Å². The predicted octanol–water partition coefficient (Wildman–Crippen LogP) is 1.44. The van der Waals surface area contributed by atoms with Crippen LogP contribution in [0.5, 0.6) is 0 Å². The first-order valence-corrected chi connectivity index (χ1v) is 6.25. The summed E-state index contributed by atoms with van der Waals surface area (Å²) in [6.07, 6.45) is 0.701. The van der Waals surface area contributed by atoms with Crippen LogP contribution in [0.15, 0.2) is 29.2 Å². The first kappa shape index (κ1) is 12.8. The van der Waals surface area contributed by atoms with Crippen LogP contribution in [-0.2, 0) is 10.8 Å². The molecule has 5 nitrogen and oxygen atoms in total. The maximum Gasteiger partial charge on any atom is 0.285 e. The fourth-order valence-electron chi connectivity index (χ4n) is 1.20. The van der Waals surface area contributed by atoms with Gasteiger partial charge in [-0.25, -0.2) is 0 Å². The van der Waals surface area contributed by atoms with Gasteiger partial charge in [-0.3, -0.25) is 14.3 Å². The first-order chi connectivity index (χ1) is 7.56. The molecule has 1 aromatic rings. The van der Waals surface area contributed by atoms with Gasteiger partial charge in [-0.15, -0.1) is 0 Å². The van der Waals surface area contributed by atoms with Gasteiger partial charge in [0.15, 0.2) is 0 Å². The summed E-state index contributed by atoms with van der Waals surface area (Å²) < 4.78 is 11.9. The van der Waals surface area contributed by atoms with Crippen LogP contribution in [-0.4, -0.2) is 20.9 Å². The lowest BCUT2D eigenvalue weighted by molar-refractivity contribution is -0.387.